The SMILES string of the molecule is CC(=O)c1ccn(C(=O)N2CCN(Cc3cccc(Oc4ccc(C)cn4)c3)CC2)n1. The predicted octanol–water partition coefficient (Wildman–Crippen LogP) is 3.37. The quantitative estimate of drug-likeness (QED) is 0.590. The monoisotopic (exact) mass is 419 g/mol. The summed E-state index contributed by atoms with van der Waals surface area (Å²) in [4.78, 5) is 32.4. The summed E-state index contributed by atoms with van der Waals surface area (Å²) in [5.41, 5.74) is 2.53. The van der Waals surface area contributed by atoms with Gasteiger partial charge in [-0.2, -0.15) is 9.78 Å². The standard InChI is InChI=1S/C23H25N5O3/c1-17-6-7-22(24-15-17)31-20-5-3-4-19(14-20)16-26-10-12-27(13-11-26)23(30)28-9-8-21(25-28)18(2)29/h3-9,14-15H,10-13,16H2,1-2H3. The number of hydrogen-bond donors (Lipinski definition) is 0. The van der Waals surface area contributed by atoms with Gasteiger partial charge >= 0.3 is 6.03 Å². The Morgan fingerprint density at radius 3 is 2.55 bits per heavy atom. The molecule has 0 spiro atoms. The van der Waals surface area contributed by atoms with Gasteiger partial charge in [-0.3, -0.25) is 9.69 Å². The van der Waals surface area contributed by atoms with Gasteiger partial charge in [-0.1, -0.05) is 18.2 Å². The average molecular weight is 419 g/mol. The van der Waals surface area contributed by atoms with Gasteiger partial charge in [-0.05, 0) is 36.2 Å². The molecule has 0 aliphatic carbocycles. The van der Waals surface area contributed by atoms with Crippen LogP contribution in [0.25, 0.3) is 0 Å². The van der Waals surface area contributed by atoms with E-state index in [0.717, 1.165) is 36.5 Å². The summed E-state index contributed by atoms with van der Waals surface area (Å²) < 4.78 is 7.11. The molecule has 3 heterocycles. The van der Waals surface area contributed by atoms with Crippen LogP contribution in [0.4, 0.5) is 4.79 Å². The molecule has 8 nitrogen and oxygen atoms in total. The number of aryl methyl sites for hydroxylation is 1. The van der Waals surface area contributed by atoms with Gasteiger partial charge in [0, 0.05) is 58.1 Å². The minimum Gasteiger partial charge on any atom is -0.439 e. The Bertz CT molecular complexity index is 1070. The number of ether oxygens (including phenoxy) is 1. The molecule has 1 aromatic carbocycles. The van der Waals surface area contributed by atoms with E-state index in [1.165, 1.54) is 11.6 Å². The molecule has 31 heavy (non-hydrogen) atoms. The number of aromatic nitrogens is 3. The second kappa shape index (κ2) is 9.09. The molecule has 3 aromatic rings. The number of rotatable bonds is 5. The lowest BCUT2D eigenvalue weighted by Crippen LogP contribution is -2.49. The van der Waals surface area contributed by atoms with Crippen molar-refractivity contribution in [1.82, 2.24) is 24.6 Å². The topological polar surface area (TPSA) is 80.6 Å². The fourth-order valence-electron chi connectivity index (χ4n) is 3.46. The average Bonchev–Trinajstić information content (AvgIpc) is 3.26. The van der Waals surface area contributed by atoms with Gasteiger partial charge in [-0.15, -0.1) is 0 Å². The fourth-order valence-corrected chi connectivity index (χ4v) is 3.46. The van der Waals surface area contributed by atoms with E-state index in [1.807, 2.05) is 37.3 Å². The highest BCUT2D eigenvalue weighted by Crippen LogP contribution is 2.21. The van der Waals surface area contributed by atoms with Crippen LogP contribution in [0.15, 0.2) is 54.9 Å². The number of hydrogen-bond acceptors (Lipinski definition) is 6. The van der Waals surface area contributed by atoms with Crippen LogP contribution in [0, 0.1) is 6.92 Å². The van der Waals surface area contributed by atoms with Gasteiger partial charge < -0.3 is 9.64 Å². The van der Waals surface area contributed by atoms with E-state index in [0.29, 0.717) is 24.7 Å². The molecule has 0 unspecified atom stereocenters. The zero-order valence-corrected chi connectivity index (χ0v) is 17.7. The molecule has 1 amide bonds. The number of carbonyl (C=O) groups excluding carboxylic acids is 2. The fraction of sp³-hybridized carbons (Fsp3) is 0.304. The van der Waals surface area contributed by atoms with Gasteiger partial charge in [0.15, 0.2) is 5.78 Å². The third-order valence-electron chi connectivity index (χ3n) is 5.20. The summed E-state index contributed by atoms with van der Waals surface area (Å²) in [6.07, 6.45) is 3.32. The molecule has 1 saturated heterocycles. The molecule has 0 radical (unpaired) electrons. The van der Waals surface area contributed by atoms with Crippen molar-refractivity contribution in [2.45, 2.75) is 20.4 Å². The normalized spacial score (nSPS) is 14.5. The lowest BCUT2D eigenvalue weighted by atomic mass is 10.2. The molecule has 1 fully saturated rings. The van der Waals surface area contributed by atoms with Crippen molar-refractivity contribution >= 4 is 11.8 Å². The summed E-state index contributed by atoms with van der Waals surface area (Å²) in [6, 6.07) is 13.2. The van der Waals surface area contributed by atoms with Crippen molar-refractivity contribution in [3.8, 4) is 11.6 Å². The van der Waals surface area contributed by atoms with Crippen LogP contribution in [0.5, 0.6) is 11.6 Å². The van der Waals surface area contributed by atoms with Gasteiger partial charge in [0.05, 0.1) is 0 Å². The Kier molecular flexibility index (Phi) is 6.08. The van der Waals surface area contributed by atoms with E-state index in [2.05, 4.69) is 21.0 Å². The third kappa shape index (κ3) is 5.16. The highest BCUT2D eigenvalue weighted by Gasteiger charge is 2.23. The molecule has 0 saturated carbocycles. The first kappa shape index (κ1) is 20.7. The van der Waals surface area contributed by atoms with E-state index < -0.39 is 0 Å². The first-order valence-corrected chi connectivity index (χ1v) is 10.3. The van der Waals surface area contributed by atoms with Crippen LogP contribution in [-0.2, 0) is 6.54 Å². The number of nitrogens with zero attached hydrogens (tertiary/aromatic N) is 5. The molecule has 1 aliphatic heterocycles. The number of ketones is 1. The van der Waals surface area contributed by atoms with Crippen molar-refractivity contribution in [3.05, 3.63) is 71.7 Å². The molecule has 2 aromatic heterocycles. The summed E-state index contributed by atoms with van der Waals surface area (Å²) in [7, 11) is 0. The minimum absolute atomic E-state index is 0.152. The van der Waals surface area contributed by atoms with Crippen LogP contribution in [-0.4, -0.2) is 62.6 Å². The van der Waals surface area contributed by atoms with Crippen LogP contribution in [0.1, 0.15) is 28.5 Å². The third-order valence-corrected chi connectivity index (χ3v) is 5.20. The molecule has 8 heteroatoms. The molecule has 1 aliphatic rings. The molecule has 0 N–H and O–H groups in total. The van der Waals surface area contributed by atoms with Gasteiger partial charge in [0.2, 0.25) is 5.88 Å². The molecular weight excluding hydrogens is 394 g/mol. The molecule has 4 rings (SSSR count). The number of amides is 1. The highest BCUT2D eigenvalue weighted by atomic mass is 16.5. The maximum atomic E-state index is 12.6. The van der Waals surface area contributed by atoms with Gasteiger partial charge in [0.25, 0.3) is 0 Å². The lowest BCUT2D eigenvalue weighted by molar-refractivity contribution is 0.101. The van der Waals surface area contributed by atoms with E-state index >= 15 is 0 Å². The summed E-state index contributed by atoms with van der Waals surface area (Å²) in [5.74, 6) is 1.17. The van der Waals surface area contributed by atoms with E-state index in [4.69, 9.17) is 4.74 Å². The van der Waals surface area contributed by atoms with Crippen LogP contribution in [0.2, 0.25) is 0 Å². The van der Waals surface area contributed by atoms with Gasteiger partial charge in [0.1, 0.15) is 11.4 Å². The molecule has 0 bridgehead atoms. The summed E-state index contributed by atoms with van der Waals surface area (Å²) in [5, 5.41) is 4.06. The van der Waals surface area contributed by atoms with Crippen LogP contribution < -0.4 is 4.74 Å². The second-order valence-corrected chi connectivity index (χ2v) is 7.67. The number of benzene rings is 1. The van der Waals surface area contributed by atoms with Crippen LogP contribution in [0.3, 0.4) is 0 Å². The van der Waals surface area contributed by atoms with E-state index in [-0.39, 0.29) is 11.8 Å². The van der Waals surface area contributed by atoms with Crippen molar-refractivity contribution in [2.75, 3.05) is 26.2 Å². The van der Waals surface area contributed by atoms with Crippen molar-refractivity contribution in [3.63, 3.8) is 0 Å². The van der Waals surface area contributed by atoms with Crippen molar-refractivity contribution in [2.24, 2.45) is 0 Å². The van der Waals surface area contributed by atoms with E-state index in [1.54, 1.807) is 23.4 Å². The Morgan fingerprint density at radius 2 is 1.87 bits per heavy atom. The Labute approximate surface area is 181 Å². The Hall–Kier alpha value is -3.52. The zero-order valence-electron chi connectivity index (χ0n) is 17.7. The van der Waals surface area contributed by atoms with E-state index in [9.17, 15) is 9.59 Å². The largest absolute Gasteiger partial charge is 0.439 e. The Balaban J connectivity index is 1.32. The molecule has 160 valence electrons. The molecule has 0 atom stereocenters. The predicted molar refractivity (Wildman–Crippen MR) is 115 cm³/mol. The summed E-state index contributed by atoms with van der Waals surface area (Å²) in [6.45, 7) is 6.94. The number of piperazine rings is 1. The lowest BCUT2D eigenvalue weighted by Gasteiger charge is -2.34. The maximum Gasteiger partial charge on any atom is 0.344 e. The maximum absolute atomic E-state index is 12.6. The molecular formula is C23H25N5O3. The minimum atomic E-state index is -0.201. The second-order valence-electron chi connectivity index (χ2n) is 7.67. The van der Waals surface area contributed by atoms with Crippen molar-refractivity contribution < 1.29 is 14.3 Å². The van der Waals surface area contributed by atoms with Crippen LogP contribution >= 0.6 is 0 Å². The highest BCUT2D eigenvalue weighted by molar-refractivity contribution is 5.92. The first-order valence-electron chi connectivity index (χ1n) is 10.3. The number of Topliss-reactive ketones (excluding diaryl/α,β-unsaturated/α-hetero) is 1. The van der Waals surface area contributed by atoms with Crippen molar-refractivity contribution in [1.29, 1.82) is 0 Å². The Morgan fingerprint density at radius 1 is 1.06 bits per heavy atom. The smallest absolute Gasteiger partial charge is 0.344 e. The van der Waals surface area contributed by atoms with Gasteiger partial charge in [-0.25, -0.2) is 9.78 Å². The first-order chi connectivity index (χ1) is 15.0. The number of carbonyl (C=O) groups is 2. The summed E-state index contributed by atoms with van der Waals surface area (Å²) >= 11 is 0. The zero-order chi connectivity index (χ0) is 21.8. The number of pyridine rings is 1.